The number of sulfonamides is 1. The Kier molecular flexibility index (Phi) is 5.13. The van der Waals surface area contributed by atoms with Gasteiger partial charge in [0.25, 0.3) is 0 Å². The maximum atomic E-state index is 11.9. The SMILES string of the molecule is CCS(=O)(=O)N(CCCO)c1ccc(C#N)cc1. The van der Waals surface area contributed by atoms with E-state index in [0.29, 0.717) is 17.7 Å². The molecule has 0 radical (unpaired) electrons. The summed E-state index contributed by atoms with van der Waals surface area (Å²) in [5.74, 6) is -0.00156. The van der Waals surface area contributed by atoms with Crippen LogP contribution >= 0.6 is 0 Å². The molecule has 1 aromatic rings. The van der Waals surface area contributed by atoms with Crippen molar-refractivity contribution in [2.45, 2.75) is 13.3 Å². The number of hydrogen-bond donors (Lipinski definition) is 1. The van der Waals surface area contributed by atoms with Crippen molar-refractivity contribution in [2.24, 2.45) is 0 Å². The van der Waals surface area contributed by atoms with Gasteiger partial charge >= 0.3 is 0 Å². The van der Waals surface area contributed by atoms with Crippen LogP contribution < -0.4 is 4.31 Å². The largest absolute Gasteiger partial charge is 0.396 e. The van der Waals surface area contributed by atoms with Crippen LogP contribution in [0.2, 0.25) is 0 Å². The molecule has 0 heterocycles. The average molecular weight is 268 g/mol. The van der Waals surface area contributed by atoms with Gasteiger partial charge < -0.3 is 5.11 Å². The van der Waals surface area contributed by atoms with Crippen LogP contribution in [0.15, 0.2) is 24.3 Å². The van der Waals surface area contributed by atoms with E-state index in [1.165, 1.54) is 4.31 Å². The zero-order chi connectivity index (χ0) is 13.6. The maximum absolute atomic E-state index is 11.9. The van der Waals surface area contributed by atoms with Crippen LogP contribution in [0.1, 0.15) is 18.9 Å². The van der Waals surface area contributed by atoms with Gasteiger partial charge in [0, 0.05) is 13.2 Å². The van der Waals surface area contributed by atoms with E-state index in [1.807, 2.05) is 6.07 Å². The highest BCUT2D eigenvalue weighted by Gasteiger charge is 2.19. The van der Waals surface area contributed by atoms with E-state index in [4.69, 9.17) is 10.4 Å². The normalized spacial score (nSPS) is 10.9. The number of aliphatic hydroxyl groups excluding tert-OH is 1. The quantitative estimate of drug-likeness (QED) is 0.837. The Balaban J connectivity index is 3.06. The zero-order valence-corrected chi connectivity index (χ0v) is 11.0. The van der Waals surface area contributed by atoms with E-state index in [1.54, 1.807) is 31.2 Å². The Bertz CT molecular complexity index is 517. The molecule has 1 aromatic carbocycles. The molecule has 98 valence electrons. The molecular weight excluding hydrogens is 252 g/mol. The number of rotatable bonds is 6. The van der Waals surface area contributed by atoms with Crippen molar-refractivity contribution in [3.8, 4) is 6.07 Å². The Morgan fingerprint density at radius 3 is 2.39 bits per heavy atom. The van der Waals surface area contributed by atoms with Gasteiger partial charge in [-0.2, -0.15) is 5.26 Å². The first-order chi connectivity index (χ1) is 8.55. The van der Waals surface area contributed by atoms with Crippen LogP contribution in [0.3, 0.4) is 0 Å². The molecule has 1 rings (SSSR count). The molecule has 0 aliphatic carbocycles. The fraction of sp³-hybridized carbons (Fsp3) is 0.417. The number of aliphatic hydroxyl groups is 1. The summed E-state index contributed by atoms with van der Waals surface area (Å²) in [7, 11) is -3.37. The van der Waals surface area contributed by atoms with Crippen molar-refractivity contribution in [1.29, 1.82) is 5.26 Å². The van der Waals surface area contributed by atoms with Gasteiger partial charge in [0.1, 0.15) is 0 Å². The predicted octanol–water partition coefficient (Wildman–Crippen LogP) is 1.10. The van der Waals surface area contributed by atoms with Crippen LogP contribution in [0.5, 0.6) is 0 Å². The summed E-state index contributed by atoms with van der Waals surface area (Å²) in [6.45, 7) is 1.75. The average Bonchev–Trinajstić information content (AvgIpc) is 2.39. The molecule has 0 aromatic heterocycles. The minimum atomic E-state index is -3.37. The van der Waals surface area contributed by atoms with E-state index in [-0.39, 0.29) is 18.9 Å². The lowest BCUT2D eigenvalue weighted by Gasteiger charge is -2.23. The molecule has 5 nitrogen and oxygen atoms in total. The first-order valence-electron chi connectivity index (χ1n) is 5.66. The monoisotopic (exact) mass is 268 g/mol. The number of anilines is 1. The second kappa shape index (κ2) is 6.38. The molecule has 0 atom stereocenters. The molecular formula is C12H16N2O3S. The van der Waals surface area contributed by atoms with E-state index in [2.05, 4.69) is 0 Å². The third-order valence-corrected chi connectivity index (χ3v) is 4.30. The van der Waals surface area contributed by atoms with Crippen molar-refractivity contribution >= 4 is 15.7 Å². The fourth-order valence-electron chi connectivity index (χ4n) is 1.50. The second-order valence-corrected chi connectivity index (χ2v) is 5.89. The number of nitriles is 1. The van der Waals surface area contributed by atoms with E-state index < -0.39 is 10.0 Å². The van der Waals surface area contributed by atoms with Gasteiger partial charge in [0.15, 0.2) is 0 Å². The lowest BCUT2D eigenvalue weighted by atomic mass is 10.2. The molecule has 0 aliphatic heterocycles. The highest BCUT2D eigenvalue weighted by molar-refractivity contribution is 7.92. The van der Waals surface area contributed by atoms with Gasteiger partial charge in [-0.15, -0.1) is 0 Å². The Morgan fingerprint density at radius 1 is 1.33 bits per heavy atom. The molecule has 0 aliphatic rings. The van der Waals surface area contributed by atoms with Gasteiger partial charge in [-0.1, -0.05) is 0 Å². The molecule has 0 bridgehead atoms. The Hall–Kier alpha value is -1.58. The summed E-state index contributed by atoms with van der Waals surface area (Å²) in [6, 6.07) is 8.33. The number of hydrogen-bond acceptors (Lipinski definition) is 4. The lowest BCUT2D eigenvalue weighted by molar-refractivity contribution is 0.291. The highest BCUT2D eigenvalue weighted by Crippen LogP contribution is 2.19. The second-order valence-electron chi connectivity index (χ2n) is 3.71. The van der Waals surface area contributed by atoms with Gasteiger partial charge in [0.2, 0.25) is 10.0 Å². The van der Waals surface area contributed by atoms with Crippen LogP contribution in [0.25, 0.3) is 0 Å². The van der Waals surface area contributed by atoms with Gasteiger partial charge in [-0.05, 0) is 37.6 Å². The summed E-state index contributed by atoms with van der Waals surface area (Å²) in [4.78, 5) is 0. The summed E-state index contributed by atoms with van der Waals surface area (Å²) >= 11 is 0. The fourth-order valence-corrected chi connectivity index (χ4v) is 2.66. The minimum absolute atomic E-state index is 0.00156. The third-order valence-electron chi connectivity index (χ3n) is 2.50. The molecule has 1 N–H and O–H groups in total. The lowest BCUT2D eigenvalue weighted by Crippen LogP contribution is -2.33. The third kappa shape index (κ3) is 3.45. The summed E-state index contributed by atoms with van der Waals surface area (Å²) in [5, 5.41) is 17.5. The van der Waals surface area contributed by atoms with Crippen molar-refractivity contribution in [2.75, 3.05) is 23.2 Å². The van der Waals surface area contributed by atoms with Crippen molar-refractivity contribution in [1.82, 2.24) is 0 Å². The van der Waals surface area contributed by atoms with E-state index in [9.17, 15) is 8.42 Å². The molecule has 0 amide bonds. The molecule has 0 unspecified atom stereocenters. The molecule has 6 heteroatoms. The molecule has 0 spiro atoms. The van der Waals surface area contributed by atoms with Gasteiger partial charge in [0.05, 0.1) is 23.1 Å². The van der Waals surface area contributed by atoms with Crippen molar-refractivity contribution in [3.05, 3.63) is 29.8 Å². The number of benzene rings is 1. The van der Waals surface area contributed by atoms with Crippen LogP contribution in [-0.4, -0.2) is 32.4 Å². The van der Waals surface area contributed by atoms with Crippen LogP contribution in [-0.2, 0) is 10.0 Å². The van der Waals surface area contributed by atoms with Crippen LogP contribution in [0, 0.1) is 11.3 Å². The molecule has 0 saturated heterocycles. The highest BCUT2D eigenvalue weighted by atomic mass is 32.2. The zero-order valence-electron chi connectivity index (χ0n) is 10.2. The van der Waals surface area contributed by atoms with Crippen molar-refractivity contribution < 1.29 is 13.5 Å². The van der Waals surface area contributed by atoms with Gasteiger partial charge in [-0.25, -0.2) is 8.42 Å². The standard InChI is InChI=1S/C12H16N2O3S/c1-2-18(16,17)14(8-3-9-15)12-6-4-11(10-13)5-7-12/h4-7,15H,2-3,8-9H2,1H3. The summed E-state index contributed by atoms with van der Waals surface area (Å²) in [5.41, 5.74) is 0.999. The van der Waals surface area contributed by atoms with Crippen molar-refractivity contribution in [3.63, 3.8) is 0 Å². The summed E-state index contributed by atoms with van der Waals surface area (Å²) < 4.78 is 25.1. The Morgan fingerprint density at radius 2 is 1.94 bits per heavy atom. The van der Waals surface area contributed by atoms with E-state index in [0.717, 1.165) is 0 Å². The summed E-state index contributed by atoms with van der Waals surface area (Å²) in [6.07, 6.45) is 0.374. The topological polar surface area (TPSA) is 81.4 Å². The smallest absolute Gasteiger partial charge is 0.234 e. The maximum Gasteiger partial charge on any atom is 0.234 e. The first kappa shape index (κ1) is 14.5. The number of nitrogens with zero attached hydrogens (tertiary/aromatic N) is 2. The Labute approximate surface area is 107 Å². The molecule has 18 heavy (non-hydrogen) atoms. The van der Waals surface area contributed by atoms with E-state index >= 15 is 0 Å². The van der Waals surface area contributed by atoms with Crippen LogP contribution in [0.4, 0.5) is 5.69 Å². The molecule has 0 saturated carbocycles. The molecule has 0 fully saturated rings. The van der Waals surface area contributed by atoms with Gasteiger partial charge in [-0.3, -0.25) is 4.31 Å². The first-order valence-corrected chi connectivity index (χ1v) is 7.27. The predicted molar refractivity (Wildman–Crippen MR) is 69.7 cm³/mol. The minimum Gasteiger partial charge on any atom is -0.396 e.